The molecule has 3 N–H and O–H groups in total. The van der Waals surface area contributed by atoms with Gasteiger partial charge in [-0.05, 0) is 24.0 Å². The summed E-state index contributed by atoms with van der Waals surface area (Å²) in [5.41, 5.74) is 2.95. The van der Waals surface area contributed by atoms with Crippen molar-refractivity contribution in [1.82, 2.24) is 15.5 Å². The monoisotopic (exact) mass is 355 g/mol. The van der Waals surface area contributed by atoms with Gasteiger partial charge in [0.05, 0.1) is 0 Å². The number of rotatable bonds is 7. The summed E-state index contributed by atoms with van der Waals surface area (Å²) in [7, 11) is 0. The summed E-state index contributed by atoms with van der Waals surface area (Å²) in [6.07, 6.45) is 1.52. The second-order valence-corrected chi connectivity index (χ2v) is 6.86. The van der Waals surface area contributed by atoms with Gasteiger partial charge in [0, 0.05) is 51.2 Å². The third-order valence-electron chi connectivity index (χ3n) is 4.56. The summed E-state index contributed by atoms with van der Waals surface area (Å²) in [6, 6.07) is 7.95. The second-order valence-electron chi connectivity index (χ2n) is 6.86. The van der Waals surface area contributed by atoms with Crippen molar-refractivity contribution in [3.63, 3.8) is 0 Å². The minimum Gasteiger partial charge on any atom is -0.388 e. The van der Waals surface area contributed by atoms with E-state index in [4.69, 9.17) is 0 Å². The van der Waals surface area contributed by atoms with E-state index in [1.165, 1.54) is 6.20 Å². The Morgan fingerprint density at radius 3 is 2.77 bits per heavy atom. The Bertz CT molecular complexity index is 684. The average molecular weight is 355 g/mol. The lowest BCUT2D eigenvalue weighted by Crippen LogP contribution is -2.45. The number of hydrogen-bond acceptors (Lipinski definition) is 5. The maximum Gasteiger partial charge on any atom is 0.267 e. The fourth-order valence-electron chi connectivity index (χ4n) is 3.00. The van der Waals surface area contributed by atoms with E-state index < -0.39 is 0 Å². The van der Waals surface area contributed by atoms with E-state index in [0.29, 0.717) is 6.54 Å². The highest BCUT2D eigenvalue weighted by atomic mass is 16.1. The number of hydrogen-bond donors (Lipinski definition) is 3. The van der Waals surface area contributed by atoms with Gasteiger partial charge in [-0.3, -0.25) is 9.69 Å². The predicted molar refractivity (Wildman–Crippen MR) is 105 cm³/mol. The Labute approximate surface area is 156 Å². The predicted octanol–water partition coefficient (Wildman–Crippen LogP) is 1.96. The van der Waals surface area contributed by atoms with Crippen molar-refractivity contribution in [1.29, 1.82) is 5.26 Å². The van der Waals surface area contributed by atoms with Crippen LogP contribution in [0.15, 0.2) is 30.0 Å². The zero-order valence-electron chi connectivity index (χ0n) is 15.9. The molecular weight excluding hydrogens is 326 g/mol. The Kier molecular flexibility index (Phi) is 7.64. The lowest BCUT2D eigenvalue weighted by atomic mass is 9.98. The lowest BCUT2D eigenvalue weighted by Gasteiger charge is -2.26. The standard InChI is InChI=1S/C20H29N5O/c1-15(2)18-6-4-5-16(3)19(18)24-20(26)17(13-21)14-23-9-12-25-10-7-22-8-11-25/h4-6,14-15,22-23H,7-12H2,1-3H3,(H,24,26)/b17-14-. The number of carbonyl (C=O) groups excluding carboxylic acids is 1. The molecule has 0 bridgehead atoms. The van der Waals surface area contributed by atoms with Crippen molar-refractivity contribution in [2.24, 2.45) is 0 Å². The summed E-state index contributed by atoms with van der Waals surface area (Å²) in [5.74, 6) is -0.0877. The van der Waals surface area contributed by atoms with E-state index >= 15 is 0 Å². The van der Waals surface area contributed by atoms with Crippen molar-refractivity contribution in [2.75, 3.05) is 44.6 Å². The molecule has 1 heterocycles. The third-order valence-corrected chi connectivity index (χ3v) is 4.56. The maximum atomic E-state index is 12.5. The van der Waals surface area contributed by atoms with Crippen LogP contribution in [0.5, 0.6) is 0 Å². The number of aryl methyl sites for hydroxylation is 1. The van der Waals surface area contributed by atoms with Crippen LogP contribution < -0.4 is 16.0 Å². The average Bonchev–Trinajstić information content (AvgIpc) is 2.64. The number of piperazine rings is 1. The molecule has 6 nitrogen and oxygen atoms in total. The first kappa shape index (κ1) is 20.0. The molecular formula is C20H29N5O. The highest BCUT2D eigenvalue weighted by molar-refractivity contribution is 6.07. The summed E-state index contributed by atoms with van der Waals surface area (Å²) >= 11 is 0. The molecule has 0 radical (unpaired) electrons. The molecule has 0 aromatic heterocycles. The number of benzene rings is 1. The minimum absolute atomic E-state index is 0.0864. The van der Waals surface area contributed by atoms with Gasteiger partial charge in [-0.2, -0.15) is 5.26 Å². The fraction of sp³-hybridized carbons (Fsp3) is 0.500. The van der Waals surface area contributed by atoms with Gasteiger partial charge in [0.15, 0.2) is 0 Å². The van der Waals surface area contributed by atoms with Crippen molar-refractivity contribution in [2.45, 2.75) is 26.7 Å². The van der Waals surface area contributed by atoms with Crippen LogP contribution in [0.1, 0.15) is 30.9 Å². The van der Waals surface area contributed by atoms with E-state index in [1.807, 2.05) is 31.2 Å². The normalized spacial score (nSPS) is 15.6. The van der Waals surface area contributed by atoms with Gasteiger partial charge in [0.2, 0.25) is 0 Å². The summed E-state index contributed by atoms with van der Waals surface area (Å²) in [6.45, 7) is 11.8. The van der Waals surface area contributed by atoms with E-state index in [0.717, 1.165) is 49.5 Å². The summed E-state index contributed by atoms with van der Waals surface area (Å²) in [4.78, 5) is 14.9. The van der Waals surface area contributed by atoms with Crippen LogP contribution in [0.25, 0.3) is 0 Å². The van der Waals surface area contributed by atoms with Crippen molar-refractivity contribution >= 4 is 11.6 Å². The Morgan fingerprint density at radius 2 is 2.12 bits per heavy atom. The van der Waals surface area contributed by atoms with Crippen molar-refractivity contribution in [3.05, 3.63) is 41.1 Å². The fourth-order valence-corrected chi connectivity index (χ4v) is 3.00. The molecule has 1 aromatic carbocycles. The molecule has 1 aromatic rings. The molecule has 0 spiro atoms. The number of amides is 1. The smallest absolute Gasteiger partial charge is 0.267 e. The minimum atomic E-state index is -0.377. The number of carbonyl (C=O) groups is 1. The molecule has 0 unspecified atom stereocenters. The van der Waals surface area contributed by atoms with E-state index in [1.54, 1.807) is 0 Å². The second kappa shape index (κ2) is 9.95. The molecule has 0 saturated carbocycles. The van der Waals surface area contributed by atoms with E-state index in [9.17, 15) is 10.1 Å². The third kappa shape index (κ3) is 5.58. The number of anilines is 1. The van der Waals surface area contributed by atoms with Crippen LogP contribution in [0.2, 0.25) is 0 Å². The lowest BCUT2D eigenvalue weighted by molar-refractivity contribution is -0.112. The first-order chi connectivity index (χ1) is 12.5. The van der Waals surface area contributed by atoms with Crippen LogP contribution in [-0.2, 0) is 4.79 Å². The van der Waals surface area contributed by atoms with Crippen LogP contribution in [0.3, 0.4) is 0 Å². The van der Waals surface area contributed by atoms with Crippen molar-refractivity contribution in [3.8, 4) is 6.07 Å². The molecule has 1 fully saturated rings. The largest absolute Gasteiger partial charge is 0.388 e. The van der Waals surface area contributed by atoms with Gasteiger partial charge in [-0.15, -0.1) is 0 Å². The number of nitriles is 1. The molecule has 2 rings (SSSR count). The summed E-state index contributed by atoms with van der Waals surface area (Å²) in [5, 5.41) is 18.7. The highest BCUT2D eigenvalue weighted by Gasteiger charge is 2.15. The molecule has 0 aliphatic carbocycles. The number of nitrogens with one attached hydrogen (secondary N) is 3. The van der Waals surface area contributed by atoms with Crippen molar-refractivity contribution < 1.29 is 4.79 Å². The van der Waals surface area contributed by atoms with Gasteiger partial charge in [-0.25, -0.2) is 0 Å². The Hall–Kier alpha value is -2.36. The first-order valence-electron chi connectivity index (χ1n) is 9.20. The van der Waals surface area contributed by atoms with E-state index in [-0.39, 0.29) is 17.4 Å². The van der Waals surface area contributed by atoms with Gasteiger partial charge in [0.25, 0.3) is 5.91 Å². The van der Waals surface area contributed by atoms with Crippen LogP contribution in [0, 0.1) is 18.3 Å². The summed E-state index contributed by atoms with van der Waals surface area (Å²) < 4.78 is 0. The van der Waals surface area contributed by atoms with Crippen LogP contribution >= 0.6 is 0 Å². The topological polar surface area (TPSA) is 80.2 Å². The van der Waals surface area contributed by atoms with Gasteiger partial charge in [-0.1, -0.05) is 32.0 Å². The molecule has 0 atom stereocenters. The van der Waals surface area contributed by atoms with Crippen LogP contribution in [-0.4, -0.2) is 50.1 Å². The molecule has 6 heteroatoms. The molecule has 26 heavy (non-hydrogen) atoms. The Balaban J connectivity index is 1.95. The highest BCUT2D eigenvalue weighted by Crippen LogP contribution is 2.27. The zero-order chi connectivity index (χ0) is 18.9. The zero-order valence-corrected chi connectivity index (χ0v) is 15.9. The molecule has 1 aliphatic rings. The quantitative estimate of drug-likeness (QED) is 0.396. The first-order valence-corrected chi connectivity index (χ1v) is 9.20. The molecule has 1 amide bonds. The molecule has 140 valence electrons. The Morgan fingerprint density at radius 1 is 1.38 bits per heavy atom. The SMILES string of the molecule is Cc1cccc(C(C)C)c1NC(=O)/C(C#N)=C\NCCN1CCNCC1. The van der Waals surface area contributed by atoms with Gasteiger partial charge >= 0.3 is 0 Å². The molecule has 1 aliphatic heterocycles. The van der Waals surface area contributed by atoms with Gasteiger partial charge < -0.3 is 16.0 Å². The maximum absolute atomic E-state index is 12.5. The van der Waals surface area contributed by atoms with Crippen LogP contribution in [0.4, 0.5) is 5.69 Å². The number of nitrogens with zero attached hydrogens (tertiary/aromatic N) is 2. The molecule has 1 saturated heterocycles. The van der Waals surface area contributed by atoms with E-state index in [2.05, 4.69) is 34.7 Å². The van der Waals surface area contributed by atoms with Gasteiger partial charge in [0.1, 0.15) is 11.6 Å². The number of para-hydroxylation sites is 1.